The third kappa shape index (κ3) is 5.90. The summed E-state index contributed by atoms with van der Waals surface area (Å²) in [5.74, 6) is 0.760. The summed E-state index contributed by atoms with van der Waals surface area (Å²) in [6, 6.07) is 11.2. The van der Waals surface area contributed by atoms with E-state index in [-0.39, 0.29) is 28.8 Å². The van der Waals surface area contributed by atoms with E-state index in [0.29, 0.717) is 46.9 Å². The fourth-order valence-corrected chi connectivity index (χ4v) is 5.76. The number of hydrogen-bond donors (Lipinski definition) is 4. The summed E-state index contributed by atoms with van der Waals surface area (Å²) >= 11 is 0. The Bertz CT molecular complexity index is 1780. The number of carbonyl (C=O) groups is 2. The Balaban J connectivity index is 1.59. The summed E-state index contributed by atoms with van der Waals surface area (Å²) in [5.41, 5.74) is 5.16. The van der Waals surface area contributed by atoms with Gasteiger partial charge in [0.25, 0.3) is 0 Å². The molecule has 0 saturated heterocycles. The topological polar surface area (TPSA) is 144 Å². The molecule has 0 bridgehead atoms. The van der Waals surface area contributed by atoms with Gasteiger partial charge in [-0.25, -0.2) is 4.98 Å². The van der Waals surface area contributed by atoms with Crippen LogP contribution >= 0.6 is 0 Å². The number of ether oxygens (including phenoxy) is 3. The molecule has 5 rings (SSSR count). The maximum absolute atomic E-state index is 13.8. The largest absolute Gasteiger partial charge is 0.493 e. The van der Waals surface area contributed by atoms with Gasteiger partial charge < -0.3 is 35.1 Å². The average molecular weight is 600 g/mol. The number of nitrogens with one attached hydrogen (secondary N) is 4. The van der Waals surface area contributed by atoms with Crippen LogP contribution in [0.25, 0.3) is 22.2 Å². The first-order chi connectivity index (χ1) is 21.1. The molecule has 3 aromatic carbocycles. The highest BCUT2D eigenvalue weighted by molar-refractivity contribution is 5.98. The number of rotatable bonds is 9. The number of hydrogen-bond acceptors (Lipinski definition) is 8. The van der Waals surface area contributed by atoms with E-state index in [1.165, 1.54) is 20.1 Å². The lowest BCUT2D eigenvalue weighted by Crippen LogP contribution is -2.39. The van der Waals surface area contributed by atoms with Crippen LogP contribution < -0.4 is 35.6 Å². The highest BCUT2D eigenvalue weighted by Crippen LogP contribution is 2.50. The number of nitrogens with zero attached hydrogens (tertiary/aromatic N) is 1. The minimum Gasteiger partial charge on any atom is -0.493 e. The van der Waals surface area contributed by atoms with E-state index < -0.39 is 12.1 Å². The molecular formula is C33H37N5O6. The second-order valence-electron chi connectivity index (χ2n) is 11.1. The van der Waals surface area contributed by atoms with E-state index in [1.54, 1.807) is 32.7 Å². The van der Waals surface area contributed by atoms with Crippen LogP contribution in [-0.2, 0) is 16.0 Å². The first-order valence-electron chi connectivity index (χ1n) is 14.4. The van der Waals surface area contributed by atoms with Gasteiger partial charge in [0.15, 0.2) is 11.5 Å². The number of methoxy groups -OCH3 is 3. The maximum Gasteiger partial charge on any atom is 0.247 e. The molecule has 230 valence electrons. The van der Waals surface area contributed by atoms with Crippen LogP contribution in [0.4, 0.5) is 11.4 Å². The molecule has 0 radical (unpaired) electrons. The van der Waals surface area contributed by atoms with E-state index in [0.717, 1.165) is 22.2 Å². The SMILES string of the molecule is COc1cc2c(c(OC)c1OC)-c1ccc(N[C@H](C(=O)Nc3ccc4nc[nH]c4c3)C(C)C)c(=O)cc1[C@@H](NC(C)=O)CC2. The van der Waals surface area contributed by atoms with E-state index in [2.05, 4.69) is 25.9 Å². The Morgan fingerprint density at radius 3 is 2.45 bits per heavy atom. The van der Waals surface area contributed by atoms with Gasteiger partial charge in [-0.1, -0.05) is 19.9 Å². The van der Waals surface area contributed by atoms with E-state index >= 15 is 0 Å². The molecule has 0 aliphatic heterocycles. The number of anilines is 2. The molecule has 2 atom stereocenters. The van der Waals surface area contributed by atoms with Crippen molar-refractivity contribution in [3.05, 3.63) is 70.1 Å². The van der Waals surface area contributed by atoms with Crippen molar-refractivity contribution >= 4 is 34.2 Å². The summed E-state index contributed by atoms with van der Waals surface area (Å²) in [6.07, 6.45) is 2.73. The third-order valence-electron chi connectivity index (χ3n) is 7.86. The summed E-state index contributed by atoms with van der Waals surface area (Å²) in [7, 11) is 4.66. The van der Waals surface area contributed by atoms with Gasteiger partial charge in [-0.3, -0.25) is 14.4 Å². The van der Waals surface area contributed by atoms with Crippen molar-refractivity contribution in [3.8, 4) is 28.4 Å². The molecule has 1 aromatic heterocycles. The lowest BCUT2D eigenvalue weighted by atomic mass is 9.95. The molecule has 44 heavy (non-hydrogen) atoms. The summed E-state index contributed by atoms with van der Waals surface area (Å²) in [4.78, 5) is 46.8. The average Bonchev–Trinajstić information content (AvgIpc) is 3.34. The fraction of sp³-hybridized carbons (Fsp3) is 0.333. The molecule has 11 heteroatoms. The Kier molecular flexibility index (Phi) is 8.75. The number of imidazole rings is 1. The van der Waals surface area contributed by atoms with Crippen molar-refractivity contribution in [3.63, 3.8) is 0 Å². The molecule has 2 amide bonds. The van der Waals surface area contributed by atoms with Gasteiger partial charge in [-0.15, -0.1) is 0 Å². The first kappa shape index (κ1) is 30.4. The third-order valence-corrected chi connectivity index (χ3v) is 7.86. The van der Waals surface area contributed by atoms with Crippen molar-refractivity contribution in [1.82, 2.24) is 15.3 Å². The molecule has 1 aliphatic carbocycles. The Hall–Kier alpha value is -5.06. The second-order valence-corrected chi connectivity index (χ2v) is 11.1. The van der Waals surface area contributed by atoms with Gasteiger partial charge in [0.05, 0.1) is 50.4 Å². The van der Waals surface area contributed by atoms with Crippen LogP contribution in [0.15, 0.2) is 53.6 Å². The minimum absolute atomic E-state index is 0.154. The molecule has 1 aliphatic rings. The molecule has 0 spiro atoms. The monoisotopic (exact) mass is 599 g/mol. The molecule has 4 aromatic rings. The number of amides is 2. The number of carbonyl (C=O) groups excluding carboxylic acids is 2. The Morgan fingerprint density at radius 2 is 1.77 bits per heavy atom. The van der Waals surface area contributed by atoms with Crippen molar-refractivity contribution in [2.45, 2.75) is 45.7 Å². The van der Waals surface area contributed by atoms with Gasteiger partial charge in [0, 0.05) is 18.2 Å². The zero-order chi connectivity index (χ0) is 31.5. The van der Waals surface area contributed by atoms with E-state index in [1.807, 2.05) is 38.1 Å². The van der Waals surface area contributed by atoms with Gasteiger partial charge in [0.2, 0.25) is 23.0 Å². The number of H-pyrrole nitrogens is 1. The predicted octanol–water partition coefficient (Wildman–Crippen LogP) is 4.81. The summed E-state index contributed by atoms with van der Waals surface area (Å²) in [5, 5.41) is 9.16. The molecular weight excluding hydrogens is 562 g/mol. The van der Waals surface area contributed by atoms with Gasteiger partial charge in [0.1, 0.15) is 6.04 Å². The number of aromatic nitrogens is 2. The molecule has 1 heterocycles. The van der Waals surface area contributed by atoms with E-state index in [9.17, 15) is 14.4 Å². The van der Waals surface area contributed by atoms with Crippen LogP contribution in [0.1, 0.15) is 44.4 Å². The van der Waals surface area contributed by atoms with Crippen LogP contribution in [0.2, 0.25) is 0 Å². The standard InChI is InChI=1S/C33H37N5O6/c1-17(2)30(33(41)37-20-8-11-24-26(14-20)35-16-34-24)38-25-12-9-21-22(15-27(25)40)23(36-18(3)39)10-7-19-13-28(42-4)31(43-5)32(44-6)29(19)21/h8-9,11-17,23,30H,7,10H2,1-6H3,(H,34,35)(H,36,39)(H,37,41)(H,38,40)/t23-,30-/m0/s1. The predicted molar refractivity (Wildman–Crippen MR) is 170 cm³/mol. The highest BCUT2D eigenvalue weighted by atomic mass is 16.5. The smallest absolute Gasteiger partial charge is 0.247 e. The van der Waals surface area contributed by atoms with Crippen LogP contribution in [0, 0.1) is 5.92 Å². The van der Waals surface area contributed by atoms with Crippen LogP contribution in [-0.4, -0.2) is 49.2 Å². The summed E-state index contributed by atoms with van der Waals surface area (Å²) in [6.45, 7) is 5.27. The number of fused-ring (bicyclic) bond motifs is 4. The lowest BCUT2D eigenvalue weighted by Gasteiger charge is -2.22. The molecule has 0 fully saturated rings. The van der Waals surface area contributed by atoms with Gasteiger partial charge in [-0.2, -0.15) is 0 Å². The van der Waals surface area contributed by atoms with Crippen molar-refractivity contribution in [2.24, 2.45) is 5.92 Å². The second kappa shape index (κ2) is 12.7. The maximum atomic E-state index is 13.8. The fourth-order valence-electron chi connectivity index (χ4n) is 5.76. The Morgan fingerprint density at radius 1 is 1.00 bits per heavy atom. The van der Waals surface area contributed by atoms with Crippen molar-refractivity contribution in [1.29, 1.82) is 0 Å². The first-order valence-corrected chi connectivity index (χ1v) is 14.4. The van der Waals surface area contributed by atoms with Crippen LogP contribution in [0.3, 0.4) is 0 Å². The minimum atomic E-state index is -0.723. The van der Waals surface area contributed by atoms with Crippen molar-refractivity contribution in [2.75, 3.05) is 32.0 Å². The molecule has 0 saturated carbocycles. The highest BCUT2D eigenvalue weighted by Gasteiger charge is 2.30. The number of aromatic amines is 1. The van der Waals surface area contributed by atoms with Gasteiger partial charge >= 0.3 is 0 Å². The Labute approximate surface area is 255 Å². The molecule has 4 N–H and O–H groups in total. The quantitative estimate of drug-likeness (QED) is 0.215. The number of aryl methyl sites for hydroxylation is 1. The summed E-state index contributed by atoms with van der Waals surface area (Å²) < 4.78 is 17.1. The zero-order valence-electron chi connectivity index (χ0n) is 25.7. The molecule has 11 nitrogen and oxygen atoms in total. The normalized spacial score (nSPS) is 14.6. The van der Waals surface area contributed by atoms with Crippen molar-refractivity contribution < 1.29 is 23.8 Å². The van der Waals surface area contributed by atoms with Gasteiger partial charge in [-0.05, 0) is 71.8 Å². The lowest BCUT2D eigenvalue weighted by molar-refractivity contribution is -0.120. The van der Waals surface area contributed by atoms with E-state index in [4.69, 9.17) is 14.2 Å². The van der Waals surface area contributed by atoms with Crippen LogP contribution in [0.5, 0.6) is 17.2 Å². The number of benzene rings is 2. The zero-order valence-corrected chi connectivity index (χ0v) is 25.7. The molecule has 0 unspecified atom stereocenters.